The third kappa shape index (κ3) is 18.1. The Morgan fingerprint density at radius 3 is 1.17 bits per heavy atom. The minimum absolute atomic E-state index is 1.30. The molecule has 0 amide bonds. The maximum Gasteiger partial charge on any atom is -0.0320 e. The smallest absolute Gasteiger partial charge is 0.0320 e. The summed E-state index contributed by atoms with van der Waals surface area (Å²) in [5.41, 5.74) is 1.68. The Morgan fingerprint density at radius 1 is 0.458 bits per heavy atom. The Kier molecular flexibility index (Phi) is 20.6. The third-order valence-corrected chi connectivity index (χ3v) is 5.33. The fourth-order valence-corrected chi connectivity index (χ4v) is 3.63. The van der Waals surface area contributed by atoms with Crippen molar-refractivity contribution in [3.63, 3.8) is 0 Å². The van der Waals surface area contributed by atoms with Gasteiger partial charge in [-0.05, 0) is 26.2 Å². The topological polar surface area (TPSA) is 0 Å². The number of rotatable bonds is 19. The monoisotopic (exact) mass is 336 g/mol. The van der Waals surface area contributed by atoms with Crippen molar-refractivity contribution in [2.24, 2.45) is 0 Å². The molecule has 0 aliphatic carbocycles. The van der Waals surface area contributed by atoms with Crippen molar-refractivity contribution >= 4 is 0 Å². The highest BCUT2D eigenvalue weighted by molar-refractivity contribution is 4.99. The number of unbranched alkanes of at least 4 members (excludes halogenated alkanes) is 15. The second kappa shape index (κ2) is 20.8. The minimum Gasteiger partial charge on any atom is -0.0885 e. The van der Waals surface area contributed by atoms with Crippen LogP contribution in [0.4, 0.5) is 0 Å². The highest BCUT2D eigenvalue weighted by Gasteiger charge is 1.97. The van der Waals surface area contributed by atoms with Crippen LogP contribution in [-0.2, 0) is 0 Å². The lowest BCUT2D eigenvalue weighted by Crippen LogP contribution is -1.86. The molecule has 0 aromatic rings. The molecule has 0 nitrogen and oxygen atoms in total. The van der Waals surface area contributed by atoms with E-state index < -0.39 is 0 Å². The average molecular weight is 337 g/mol. The summed E-state index contributed by atoms with van der Waals surface area (Å²) in [5, 5.41) is 0. The molecule has 0 aliphatic rings. The van der Waals surface area contributed by atoms with Crippen LogP contribution in [0, 0.1) is 0 Å². The summed E-state index contributed by atoms with van der Waals surface area (Å²) in [6, 6.07) is 0. The molecule has 144 valence electrons. The van der Waals surface area contributed by atoms with Crippen molar-refractivity contribution in [1.82, 2.24) is 0 Å². The van der Waals surface area contributed by atoms with Crippen LogP contribution < -0.4 is 0 Å². The van der Waals surface area contributed by atoms with Crippen LogP contribution in [0.1, 0.15) is 143 Å². The number of hydrogen-bond donors (Lipinski definition) is 0. The summed E-state index contributed by atoms with van der Waals surface area (Å²) in [5.74, 6) is 0. The lowest BCUT2D eigenvalue weighted by atomic mass is 10.0. The van der Waals surface area contributed by atoms with E-state index in [0.717, 1.165) is 0 Å². The SMILES string of the molecule is C/C=C(/CCC)CCCCCCCCCCCCCCCCCC. The standard InChI is InChI=1S/C24H48/c1-4-7-8-9-10-11-12-13-14-15-16-17-18-19-20-21-23-24(6-3)22-5-2/h6H,4-5,7-23H2,1-3H3/b24-6-. The largest absolute Gasteiger partial charge is 0.0885 e. The van der Waals surface area contributed by atoms with Gasteiger partial charge in [0.25, 0.3) is 0 Å². The van der Waals surface area contributed by atoms with Crippen LogP contribution >= 0.6 is 0 Å². The highest BCUT2D eigenvalue weighted by Crippen LogP contribution is 2.17. The van der Waals surface area contributed by atoms with E-state index in [1.807, 2.05) is 0 Å². The maximum absolute atomic E-state index is 2.34. The zero-order valence-electron chi connectivity index (χ0n) is 17.5. The van der Waals surface area contributed by atoms with E-state index in [1.54, 1.807) is 5.57 Å². The Hall–Kier alpha value is -0.260. The van der Waals surface area contributed by atoms with Crippen LogP contribution in [-0.4, -0.2) is 0 Å². The first-order chi connectivity index (χ1) is 11.8. The number of allylic oxidation sites excluding steroid dienone is 2. The zero-order chi connectivity index (χ0) is 17.7. The summed E-state index contributed by atoms with van der Waals surface area (Å²) >= 11 is 0. The molecule has 0 saturated carbocycles. The quantitative estimate of drug-likeness (QED) is 0.163. The zero-order valence-corrected chi connectivity index (χ0v) is 17.5. The van der Waals surface area contributed by atoms with Crippen molar-refractivity contribution in [2.75, 3.05) is 0 Å². The first kappa shape index (κ1) is 23.7. The van der Waals surface area contributed by atoms with Crippen LogP contribution in [0.25, 0.3) is 0 Å². The lowest BCUT2D eigenvalue weighted by Gasteiger charge is -2.06. The first-order valence-electron chi connectivity index (χ1n) is 11.5. The molecule has 0 unspecified atom stereocenters. The normalized spacial score (nSPS) is 12.0. The molecule has 0 N–H and O–H groups in total. The molecule has 0 aromatic carbocycles. The predicted octanol–water partition coefficient (Wildman–Crippen LogP) is 9.38. The molecule has 0 rings (SSSR count). The van der Waals surface area contributed by atoms with Gasteiger partial charge < -0.3 is 0 Å². The maximum atomic E-state index is 2.34. The van der Waals surface area contributed by atoms with Crippen LogP contribution in [0.2, 0.25) is 0 Å². The van der Waals surface area contributed by atoms with E-state index in [4.69, 9.17) is 0 Å². The van der Waals surface area contributed by atoms with Crippen molar-refractivity contribution < 1.29 is 0 Å². The minimum atomic E-state index is 1.30. The second-order valence-corrected chi connectivity index (χ2v) is 7.75. The Morgan fingerprint density at radius 2 is 0.833 bits per heavy atom. The van der Waals surface area contributed by atoms with E-state index >= 15 is 0 Å². The van der Waals surface area contributed by atoms with Gasteiger partial charge in [-0.1, -0.05) is 128 Å². The second-order valence-electron chi connectivity index (χ2n) is 7.75. The molecule has 0 aliphatic heterocycles. The van der Waals surface area contributed by atoms with Gasteiger partial charge in [-0.15, -0.1) is 0 Å². The molecule has 24 heavy (non-hydrogen) atoms. The van der Waals surface area contributed by atoms with Gasteiger partial charge in [-0.2, -0.15) is 0 Å². The van der Waals surface area contributed by atoms with Crippen molar-refractivity contribution in [1.29, 1.82) is 0 Å². The summed E-state index contributed by atoms with van der Waals surface area (Å²) in [4.78, 5) is 0. The fourth-order valence-electron chi connectivity index (χ4n) is 3.63. The van der Waals surface area contributed by atoms with E-state index in [2.05, 4.69) is 26.8 Å². The van der Waals surface area contributed by atoms with Gasteiger partial charge in [0, 0.05) is 0 Å². The molecule has 0 aromatic heterocycles. The molecule has 0 bridgehead atoms. The molecular weight excluding hydrogens is 288 g/mol. The molecule has 0 heteroatoms. The number of hydrogen-bond acceptors (Lipinski definition) is 0. The molecule has 0 radical (unpaired) electrons. The Labute approximate surface area is 154 Å². The third-order valence-electron chi connectivity index (χ3n) is 5.33. The Bertz CT molecular complexity index is 251. The van der Waals surface area contributed by atoms with Gasteiger partial charge in [0.1, 0.15) is 0 Å². The highest BCUT2D eigenvalue weighted by atomic mass is 14.0. The van der Waals surface area contributed by atoms with Crippen molar-refractivity contribution in [3.05, 3.63) is 11.6 Å². The van der Waals surface area contributed by atoms with E-state index in [-0.39, 0.29) is 0 Å². The fraction of sp³-hybridized carbons (Fsp3) is 0.917. The van der Waals surface area contributed by atoms with Gasteiger partial charge in [0.2, 0.25) is 0 Å². The van der Waals surface area contributed by atoms with Crippen molar-refractivity contribution in [2.45, 2.75) is 143 Å². The van der Waals surface area contributed by atoms with Crippen LogP contribution in [0.3, 0.4) is 0 Å². The summed E-state index contributed by atoms with van der Waals surface area (Å²) in [7, 11) is 0. The van der Waals surface area contributed by atoms with E-state index in [9.17, 15) is 0 Å². The molecule has 0 spiro atoms. The van der Waals surface area contributed by atoms with Gasteiger partial charge in [-0.25, -0.2) is 0 Å². The van der Waals surface area contributed by atoms with Gasteiger partial charge >= 0.3 is 0 Å². The predicted molar refractivity (Wildman–Crippen MR) is 113 cm³/mol. The van der Waals surface area contributed by atoms with Crippen LogP contribution in [0.5, 0.6) is 0 Å². The lowest BCUT2D eigenvalue weighted by molar-refractivity contribution is 0.529. The van der Waals surface area contributed by atoms with Crippen molar-refractivity contribution in [3.8, 4) is 0 Å². The first-order valence-corrected chi connectivity index (χ1v) is 11.5. The average Bonchev–Trinajstić information content (AvgIpc) is 2.60. The summed E-state index contributed by atoms with van der Waals surface area (Å²) < 4.78 is 0. The summed E-state index contributed by atoms with van der Waals surface area (Å²) in [6.45, 7) is 6.79. The van der Waals surface area contributed by atoms with Gasteiger partial charge in [0.05, 0.1) is 0 Å². The van der Waals surface area contributed by atoms with Gasteiger partial charge in [0.15, 0.2) is 0 Å². The summed E-state index contributed by atoms with van der Waals surface area (Å²) in [6.07, 6.45) is 29.7. The molecule has 0 saturated heterocycles. The van der Waals surface area contributed by atoms with E-state index in [0.29, 0.717) is 0 Å². The molecular formula is C24H48. The van der Waals surface area contributed by atoms with Gasteiger partial charge in [-0.3, -0.25) is 0 Å². The molecule has 0 heterocycles. The molecule has 0 fully saturated rings. The molecule has 0 atom stereocenters. The van der Waals surface area contributed by atoms with Crippen LogP contribution in [0.15, 0.2) is 11.6 Å². The Balaban J connectivity index is 3.10. The van der Waals surface area contributed by atoms with E-state index in [1.165, 1.54) is 122 Å².